The summed E-state index contributed by atoms with van der Waals surface area (Å²) >= 11 is 7.13. The summed E-state index contributed by atoms with van der Waals surface area (Å²) in [4.78, 5) is 27.6. The lowest BCUT2D eigenvalue weighted by molar-refractivity contribution is -0.139. The number of nitriles is 1. The van der Waals surface area contributed by atoms with Crippen LogP contribution < -0.4 is 10.6 Å². The van der Waals surface area contributed by atoms with Crippen molar-refractivity contribution in [1.82, 2.24) is 0 Å². The predicted octanol–water partition coefficient (Wildman–Crippen LogP) is 4.73. The third kappa shape index (κ3) is 4.16. The van der Waals surface area contributed by atoms with Gasteiger partial charge >= 0.3 is 11.9 Å². The van der Waals surface area contributed by atoms with Crippen LogP contribution in [0.5, 0.6) is 0 Å². The molecular formula is C24H21Br2N3O4. The number of carbonyl (C=O) groups is 2. The second-order valence-corrected chi connectivity index (χ2v) is 8.89. The molecule has 33 heavy (non-hydrogen) atoms. The van der Waals surface area contributed by atoms with Crippen LogP contribution in [0.4, 0.5) is 5.69 Å². The minimum atomic E-state index is -0.912. The van der Waals surface area contributed by atoms with E-state index in [0.717, 1.165) is 15.6 Å². The van der Waals surface area contributed by atoms with Crippen LogP contribution in [0.15, 0.2) is 68.0 Å². The third-order valence-corrected chi connectivity index (χ3v) is 7.66. The summed E-state index contributed by atoms with van der Waals surface area (Å²) in [5.74, 6) is -2.45. The third-order valence-electron chi connectivity index (χ3n) is 5.43. The van der Waals surface area contributed by atoms with E-state index >= 15 is 0 Å². The van der Waals surface area contributed by atoms with Crippen molar-refractivity contribution in [3.05, 3.63) is 84.7 Å². The Morgan fingerprint density at radius 3 is 2.21 bits per heavy atom. The Hall–Kier alpha value is -3.09. The van der Waals surface area contributed by atoms with Gasteiger partial charge in [0.25, 0.3) is 0 Å². The van der Waals surface area contributed by atoms with Gasteiger partial charge in [-0.05, 0) is 52.5 Å². The maximum Gasteiger partial charge on any atom is 0.355 e. The van der Waals surface area contributed by atoms with Gasteiger partial charge in [0.05, 0.1) is 43.0 Å². The highest BCUT2D eigenvalue weighted by Gasteiger charge is 2.43. The quantitative estimate of drug-likeness (QED) is 0.526. The maximum atomic E-state index is 13.1. The van der Waals surface area contributed by atoms with Crippen molar-refractivity contribution < 1.29 is 19.1 Å². The fourth-order valence-electron chi connectivity index (χ4n) is 3.84. The van der Waals surface area contributed by atoms with E-state index < -0.39 is 17.9 Å². The summed E-state index contributed by atoms with van der Waals surface area (Å²) in [7, 11) is 2.43. The van der Waals surface area contributed by atoms with Crippen molar-refractivity contribution >= 4 is 49.5 Å². The molecule has 1 unspecified atom stereocenters. The lowest BCUT2D eigenvalue weighted by atomic mass is 9.81. The number of aryl methyl sites for hydroxylation is 1. The zero-order valence-electron chi connectivity index (χ0n) is 18.4. The highest BCUT2D eigenvalue weighted by molar-refractivity contribution is 9.11. The monoisotopic (exact) mass is 573 g/mol. The van der Waals surface area contributed by atoms with Crippen LogP contribution in [0.2, 0.25) is 0 Å². The first-order chi connectivity index (χ1) is 15.7. The van der Waals surface area contributed by atoms with Crippen molar-refractivity contribution in [2.45, 2.75) is 19.8 Å². The minimum absolute atomic E-state index is 0.0150. The molecule has 2 N–H and O–H groups in total. The highest BCUT2D eigenvalue weighted by atomic mass is 79.9. The van der Waals surface area contributed by atoms with Crippen LogP contribution in [0.3, 0.4) is 0 Å². The molecule has 0 spiro atoms. The van der Waals surface area contributed by atoms with E-state index in [1.165, 1.54) is 19.1 Å². The molecule has 3 rings (SSSR count). The van der Waals surface area contributed by atoms with E-state index in [2.05, 4.69) is 37.9 Å². The lowest BCUT2D eigenvalue weighted by Gasteiger charge is -2.36. The molecule has 1 heterocycles. The largest absolute Gasteiger partial charge is 0.466 e. The van der Waals surface area contributed by atoms with Crippen molar-refractivity contribution in [2.24, 2.45) is 5.73 Å². The lowest BCUT2D eigenvalue weighted by Crippen LogP contribution is -2.41. The molecule has 0 amide bonds. The number of hydrogen-bond donors (Lipinski definition) is 1. The van der Waals surface area contributed by atoms with Crippen molar-refractivity contribution in [2.75, 3.05) is 19.1 Å². The topological polar surface area (TPSA) is 106 Å². The summed E-state index contributed by atoms with van der Waals surface area (Å²) < 4.78 is 11.6. The first-order valence-electron chi connectivity index (χ1n) is 9.80. The standard InChI is InChI=1S/C24H21Br2N3O4/c1-12-10-16(20(26)13(2)19(12)25)29-21(24(31)33-4)18(23(30)32-3)17(15(11-27)22(29)28)14-8-6-5-7-9-14/h5-10,17H,28H2,1-4H3. The van der Waals surface area contributed by atoms with Crippen LogP contribution >= 0.6 is 31.9 Å². The molecule has 1 atom stereocenters. The van der Waals surface area contributed by atoms with Gasteiger partial charge in [0, 0.05) is 8.95 Å². The second kappa shape index (κ2) is 9.81. The molecular weight excluding hydrogens is 554 g/mol. The first-order valence-corrected chi connectivity index (χ1v) is 11.4. The number of halogens is 2. The molecule has 0 saturated carbocycles. The number of rotatable bonds is 4. The summed E-state index contributed by atoms with van der Waals surface area (Å²) in [5.41, 5.74) is 9.31. The average Bonchev–Trinajstić information content (AvgIpc) is 2.83. The van der Waals surface area contributed by atoms with E-state index in [4.69, 9.17) is 15.2 Å². The summed E-state index contributed by atoms with van der Waals surface area (Å²) in [6.07, 6.45) is 0. The van der Waals surface area contributed by atoms with E-state index in [1.807, 2.05) is 19.9 Å². The van der Waals surface area contributed by atoms with Gasteiger partial charge in [-0.15, -0.1) is 0 Å². The number of anilines is 1. The zero-order chi connectivity index (χ0) is 24.4. The molecule has 0 saturated heterocycles. The van der Waals surface area contributed by atoms with E-state index in [-0.39, 0.29) is 22.7 Å². The Balaban J connectivity index is 2.49. The molecule has 7 nitrogen and oxygen atoms in total. The number of benzene rings is 2. The smallest absolute Gasteiger partial charge is 0.355 e. The van der Waals surface area contributed by atoms with E-state index in [9.17, 15) is 14.9 Å². The van der Waals surface area contributed by atoms with E-state index in [0.29, 0.717) is 15.7 Å². The molecule has 0 bridgehead atoms. The Morgan fingerprint density at radius 2 is 1.67 bits per heavy atom. The van der Waals surface area contributed by atoms with Gasteiger partial charge in [-0.2, -0.15) is 5.26 Å². The summed E-state index contributed by atoms with van der Waals surface area (Å²) in [6, 6.07) is 12.8. The molecule has 1 aliphatic rings. The molecule has 0 radical (unpaired) electrons. The normalized spacial score (nSPS) is 15.9. The molecule has 2 aromatic rings. The number of methoxy groups -OCH3 is 2. The first kappa shape index (κ1) is 24.6. The Kier molecular flexibility index (Phi) is 7.30. The fraction of sp³-hybridized carbons (Fsp3) is 0.208. The van der Waals surface area contributed by atoms with Crippen LogP contribution in [-0.2, 0) is 19.1 Å². The van der Waals surface area contributed by atoms with Crippen molar-refractivity contribution in [3.8, 4) is 6.07 Å². The molecule has 0 aromatic heterocycles. The Morgan fingerprint density at radius 1 is 1.06 bits per heavy atom. The fourth-order valence-corrected chi connectivity index (χ4v) is 4.91. The average molecular weight is 575 g/mol. The van der Waals surface area contributed by atoms with Crippen LogP contribution in [0.25, 0.3) is 0 Å². The molecule has 2 aromatic carbocycles. The second-order valence-electron chi connectivity index (χ2n) is 7.30. The Labute approximate surface area is 208 Å². The number of carbonyl (C=O) groups excluding carboxylic acids is 2. The number of hydrogen-bond acceptors (Lipinski definition) is 7. The maximum absolute atomic E-state index is 13.1. The minimum Gasteiger partial charge on any atom is -0.466 e. The molecule has 1 aliphatic heterocycles. The summed E-state index contributed by atoms with van der Waals surface area (Å²) in [5, 5.41) is 10.1. The number of nitrogens with two attached hydrogens (primary N) is 1. The number of allylic oxidation sites excluding steroid dienone is 1. The van der Waals surface area contributed by atoms with Gasteiger partial charge in [-0.25, -0.2) is 9.59 Å². The SMILES string of the molecule is COC(=O)C1=C(C(=O)OC)N(c2cc(C)c(Br)c(C)c2Br)C(N)=C(C#N)C1c1ccccc1. The van der Waals surface area contributed by atoms with Crippen molar-refractivity contribution in [1.29, 1.82) is 5.26 Å². The van der Waals surface area contributed by atoms with E-state index in [1.54, 1.807) is 30.3 Å². The number of nitrogens with zero attached hydrogens (tertiary/aromatic N) is 2. The van der Waals surface area contributed by atoms with Crippen LogP contribution in [0, 0.1) is 25.2 Å². The van der Waals surface area contributed by atoms with Gasteiger partial charge < -0.3 is 15.2 Å². The van der Waals surface area contributed by atoms with Crippen LogP contribution in [-0.4, -0.2) is 26.2 Å². The number of esters is 2. The van der Waals surface area contributed by atoms with Gasteiger partial charge in [0.1, 0.15) is 11.5 Å². The zero-order valence-corrected chi connectivity index (χ0v) is 21.6. The van der Waals surface area contributed by atoms with Gasteiger partial charge in [-0.1, -0.05) is 46.3 Å². The van der Waals surface area contributed by atoms with Gasteiger partial charge in [0.2, 0.25) is 0 Å². The molecule has 170 valence electrons. The van der Waals surface area contributed by atoms with Gasteiger partial charge in [-0.3, -0.25) is 4.90 Å². The van der Waals surface area contributed by atoms with Gasteiger partial charge in [0.15, 0.2) is 0 Å². The molecule has 0 aliphatic carbocycles. The summed E-state index contributed by atoms with van der Waals surface area (Å²) in [6.45, 7) is 3.77. The predicted molar refractivity (Wildman–Crippen MR) is 131 cm³/mol. The highest BCUT2D eigenvalue weighted by Crippen LogP contribution is 2.46. The number of ether oxygens (including phenoxy) is 2. The Bertz CT molecular complexity index is 1250. The van der Waals surface area contributed by atoms with Crippen molar-refractivity contribution in [3.63, 3.8) is 0 Å². The van der Waals surface area contributed by atoms with Crippen LogP contribution in [0.1, 0.15) is 22.6 Å². The molecule has 9 heteroatoms. The molecule has 0 fully saturated rings.